The minimum atomic E-state index is -0.581. The highest BCUT2D eigenvalue weighted by molar-refractivity contribution is 6.07. The number of amides is 3. The molecular formula is C14H24N2O4. The Balaban J connectivity index is 1.84. The lowest BCUT2D eigenvalue weighted by Gasteiger charge is -2.38. The summed E-state index contributed by atoms with van der Waals surface area (Å²) in [6, 6.07) is -0.242. The molecule has 1 spiro atoms. The molecular weight excluding hydrogens is 260 g/mol. The van der Waals surface area contributed by atoms with Crippen LogP contribution in [0.3, 0.4) is 0 Å². The number of nitrogens with one attached hydrogen (secondary N) is 1. The quantitative estimate of drug-likeness (QED) is 0.565. The van der Waals surface area contributed by atoms with E-state index in [1.807, 2.05) is 0 Å². The SMILES string of the molecule is COCCOCCCN1C(=O)NC(=O)C12CCCCC2. The molecule has 1 saturated carbocycles. The van der Waals surface area contributed by atoms with Gasteiger partial charge in [-0.1, -0.05) is 19.3 Å². The first-order valence-corrected chi connectivity index (χ1v) is 7.40. The Kier molecular flexibility index (Phi) is 5.37. The maximum atomic E-state index is 12.1. The molecule has 1 aliphatic heterocycles. The molecule has 1 aliphatic carbocycles. The first-order chi connectivity index (χ1) is 9.70. The zero-order valence-electron chi connectivity index (χ0n) is 12.2. The molecule has 0 aromatic heterocycles. The van der Waals surface area contributed by atoms with E-state index in [2.05, 4.69) is 5.32 Å². The molecule has 0 aromatic carbocycles. The van der Waals surface area contributed by atoms with E-state index in [0.29, 0.717) is 26.4 Å². The molecule has 3 amide bonds. The van der Waals surface area contributed by atoms with Crippen LogP contribution < -0.4 is 5.32 Å². The van der Waals surface area contributed by atoms with Gasteiger partial charge in [0.15, 0.2) is 0 Å². The molecule has 0 unspecified atom stereocenters. The number of urea groups is 1. The van der Waals surface area contributed by atoms with Crippen LogP contribution in [0.2, 0.25) is 0 Å². The lowest BCUT2D eigenvalue weighted by Crippen LogP contribution is -2.51. The van der Waals surface area contributed by atoms with Crippen LogP contribution in [0.5, 0.6) is 0 Å². The van der Waals surface area contributed by atoms with Gasteiger partial charge in [0.25, 0.3) is 5.91 Å². The van der Waals surface area contributed by atoms with Crippen LogP contribution in [-0.4, -0.2) is 55.9 Å². The number of methoxy groups -OCH3 is 1. The second kappa shape index (κ2) is 7.04. The van der Waals surface area contributed by atoms with E-state index in [1.165, 1.54) is 0 Å². The highest BCUT2D eigenvalue weighted by Gasteiger charge is 2.52. The summed E-state index contributed by atoms with van der Waals surface area (Å²) in [5, 5.41) is 2.48. The number of ether oxygens (including phenoxy) is 2. The maximum Gasteiger partial charge on any atom is 0.325 e. The van der Waals surface area contributed by atoms with Crippen molar-refractivity contribution < 1.29 is 19.1 Å². The Labute approximate surface area is 119 Å². The lowest BCUT2D eigenvalue weighted by molar-refractivity contribution is -0.128. The molecule has 0 radical (unpaired) electrons. The summed E-state index contributed by atoms with van der Waals surface area (Å²) in [5.41, 5.74) is -0.581. The van der Waals surface area contributed by atoms with E-state index >= 15 is 0 Å². The fourth-order valence-corrected chi connectivity index (χ4v) is 3.12. The Bertz CT molecular complexity index is 353. The van der Waals surface area contributed by atoms with Crippen LogP contribution >= 0.6 is 0 Å². The Morgan fingerprint density at radius 2 is 1.90 bits per heavy atom. The zero-order valence-corrected chi connectivity index (χ0v) is 12.2. The van der Waals surface area contributed by atoms with Crippen molar-refractivity contribution in [3.05, 3.63) is 0 Å². The summed E-state index contributed by atoms with van der Waals surface area (Å²) in [4.78, 5) is 25.8. The molecule has 6 heteroatoms. The van der Waals surface area contributed by atoms with Gasteiger partial charge in [-0.15, -0.1) is 0 Å². The Hall–Kier alpha value is -1.14. The first kappa shape index (κ1) is 15.3. The van der Waals surface area contributed by atoms with E-state index in [0.717, 1.165) is 38.5 Å². The fourth-order valence-electron chi connectivity index (χ4n) is 3.12. The molecule has 1 heterocycles. The van der Waals surface area contributed by atoms with Gasteiger partial charge >= 0.3 is 6.03 Å². The number of nitrogens with zero attached hydrogens (tertiary/aromatic N) is 1. The molecule has 0 bridgehead atoms. The summed E-state index contributed by atoms with van der Waals surface area (Å²) in [6.07, 6.45) is 5.50. The molecule has 20 heavy (non-hydrogen) atoms. The van der Waals surface area contributed by atoms with Crippen LogP contribution in [0.15, 0.2) is 0 Å². The van der Waals surface area contributed by atoms with E-state index in [4.69, 9.17) is 9.47 Å². The monoisotopic (exact) mass is 284 g/mol. The van der Waals surface area contributed by atoms with Crippen molar-refractivity contribution in [3.8, 4) is 0 Å². The smallest absolute Gasteiger partial charge is 0.325 e. The normalized spacial score (nSPS) is 21.6. The van der Waals surface area contributed by atoms with Gasteiger partial charge in [0, 0.05) is 20.3 Å². The van der Waals surface area contributed by atoms with Crippen LogP contribution in [0.1, 0.15) is 38.5 Å². The number of carbonyl (C=O) groups is 2. The van der Waals surface area contributed by atoms with Crippen molar-refractivity contribution in [1.82, 2.24) is 10.2 Å². The van der Waals surface area contributed by atoms with Gasteiger partial charge in [-0.2, -0.15) is 0 Å². The number of hydrogen-bond acceptors (Lipinski definition) is 4. The molecule has 6 nitrogen and oxygen atoms in total. The molecule has 1 saturated heterocycles. The third-order valence-electron chi connectivity index (χ3n) is 4.19. The number of imide groups is 1. The minimum absolute atomic E-state index is 0.109. The van der Waals surface area contributed by atoms with Crippen molar-refractivity contribution in [2.24, 2.45) is 0 Å². The highest BCUT2D eigenvalue weighted by atomic mass is 16.5. The van der Waals surface area contributed by atoms with Crippen LogP contribution in [0.25, 0.3) is 0 Å². The molecule has 0 aromatic rings. The van der Waals surface area contributed by atoms with Gasteiger partial charge in [-0.3, -0.25) is 10.1 Å². The topological polar surface area (TPSA) is 67.9 Å². The molecule has 0 atom stereocenters. The van der Waals surface area contributed by atoms with Gasteiger partial charge in [-0.25, -0.2) is 4.79 Å². The maximum absolute atomic E-state index is 12.1. The van der Waals surface area contributed by atoms with E-state index in [1.54, 1.807) is 12.0 Å². The molecule has 2 rings (SSSR count). The zero-order chi connectivity index (χ0) is 14.4. The van der Waals surface area contributed by atoms with E-state index < -0.39 is 5.54 Å². The van der Waals surface area contributed by atoms with Crippen LogP contribution in [0, 0.1) is 0 Å². The average molecular weight is 284 g/mol. The summed E-state index contributed by atoms with van der Waals surface area (Å²) in [6.45, 7) is 2.29. The second-order valence-corrected chi connectivity index (χ2v) is 5.46. The average Bonchev–Trinajstić information content (AvgIpc) is 2.67. The van der Waals surface area contributed by atoms with E-state index in [9.17, 15) is 9.59 Å². The summed E-state index contributed by atoms with van der Waals surface area (Å²) in [7, 11) is 1.64. The molecule has 2 fully saturated rings. The van der Waals surface area contributed by atoms with Crippen molar-refractivity contribution >= 4 is 11.9 Å². The summed E-state index contributed by atoms with van der Waals surface area (Å²) < 4.78 is 10.3. The third-order valence-corrected chi connectivity index (χ3v) is 4.19. The second-order valence-electron chi connectivity index (χ2n) is 5.46. The molecule has 1 N–H and O–H groups in total. The third kappa shape index (κ3) is 3.12. The fraction of sp³-hybridized carbons (Fsp3) is 0.857. The lowest BCUT2D eigenvalue weighted by atomic mass is 9.80. The molecule has 2 aliphatic rings. The van der Waals surface area contributed by atoms with Crippen molar-refractivity contribution in [2.45, 2.75) is 44.1 Å². The van der Waals surface area contributed by atoms with Gasteiger partial charge in [0.05, 0.1) is 13.2 Å². The number of rotatable bonds is 7. The Morgan fingerprint density at radius 3 is 2.60 bits per heavy atom. The predicted octanol–water partition coefficient (Wildman–Crippen LogP) is 1.29. The molecule has 114 valence electrons. The van der Waals surface area contributed by atoms with Gasteiger partial charge in [0.2, 0.25) is 0 Å². The largest absolute Gasteiger partial charge is 0.382 e. The first-order valence-electron chi connectivity index (χ1n) is 7.40. The highest BCUT2D eigenvalue weighted by Crippen LogP contribution is 2.37. The standard InChI is InChI=1S/C14H24N2O4/c1-19-10-11-20-9-5-8-16-13(18)15-12(17)14(16)6-3-2-4-7-14/h2-11H2,1H3,(H,15,17,18). The Morgan fingerprint density at radius 1 is 1.15 bits per heavy atom. The summed E-state index contributed by atoms with van der Waals surface area (Å²) in [5.74, 6) is -0.109. The number of carbonyl (C=O) groups excluding carboxylic acids is 2. The van der Waals surface area contributed by atoms with Crippen molar-refractivity contribution in [3.63, 3.8) is 0 Å². The van der Waals surface area contributed by atoms with Crippen molar-refractivity contribution in [1.29, 1.82) is 0 Å². The number of hydrogen-bond donors (Lipinski definition) is 1. The van der Waals surface area contributed by atoms with Gasteiger partial charge in [0.1, 0.15) is 5.54 Å². The minimum Gasteiger partial charge on any atom is -0.382 e. The van der Waals surface area contributed by atoms with E-state index in [-0.39, 0.29) is 11.9 Å². The van der Waals surface area contributed by atoms with Crippen LogP contribution in [0.4, 0.5) is 4.79 Å². The van der Waals surface area contributed by atoms with Crippen molar-refractivity contribution in [2.75, 3.05) is 33.5 Å². The predicted molar refractivity (Wildman–Crippen MR) is 73.4 cm³/mol. The van der Waals surface area contributed by atoms with Gasteiger partial charge < -0.3 is 14.4 Å². The summed E-state index contributed by atoms with van der Waals surface area (Å²) >= 11 is 0. The van der Waals surface area contributed by atoms with Gasteiger partial charge in [-0.05, 0) is 19.3 Å². The van der Waals surface area contributed by atoms with Crippen LogP contribution in [-0.2, 0) is 14.3 Å².